The van der Waals surface area contributed by atoms with E-state index in [1.54, 1.807) is 38.5 Å². The third-order valence-electron chi connectivity index (χ3n) is 2.62. The zero-order valence-corrected chi connectivity index (χ0v) is 12.4. The minimum Gasteiger partial charge on any atom is -0.399 e. The Morgan fingerprint density at radius 1 is 1.30 bits per heavy atom. The molecule has 5 nitrogen and oxygen atoms in total. The van der Waals surface area contributed by atoms with E-state index >= 15 is 0 Å². The number of nitrogens with two attached hydrogens (primary N) is 1. The number of aryl methyl sites for hydroxylation is 1. The standard InChI is InChI=1S/C14H16N4OS/c1-9-6-7-16-14(17-9)20-12-8-10(15)4-5-11(12)13(19)18(2)3/h4-8H,15H2,1-3H3. The molecular weight excluding hydrogens is 272 g/mol. The van der Waals surface area contributed by atoms with Crippen molar-refractivity contribution in [2.24, 2.45) is 0 Å². The first-order valence-corrected chi connectivity index (χ1v) is 6.87. The second-order valence-corrected chi connectivity index (χ2v) is 5.55. The van der Waals surface area contributed by atoms with E-state index in [9.17, 15) is 4.79 Å². The molecule has 0 atom stereocenters. The van der Waals surface area contributed by atoms with E-state index in [-0.39, 0.29) is 5.91 Å². The summed E-state index contributed by atoms with van der Waals surface area (Å²) in [5.41, 5.74) is 7.89. The van der Waals surface area contributed by atoms with Crippen LogP contribution in [0.15, 0.2) is 40.5 Å². The Morgan fingerprint density at radius 3 is 2.70 bits per heavy atom. The second kappa shape index (κ2) is 5.92. The number of anilines is 1. The first kappa shape index (κ1) is 14.3. The van der Waals surface area contributed by atoms with Crippen LogP contribution in [-0.4, -0.2) is 34.9 Å². The van der Waals surface area contributed by atoms with Crippen molar-refractivity contribution in [3.8, 4) is 0 Å². The summed E-state index contributed by atoms with van der Waals surface area (Å²) in [7, 11) is 3.44. The SMILES string of the molecule is Cc1ccnc(Sc2cc(N)ccc2C(=O)N(C)C)n1. The van der Waals surface area contributed by atoms with Gasteiger partial charge in [-0.3, -0.25) is 4.79 Å². The lowest BCUT2D eigenvalue weighted by Gasteiger charge is -2.14. The second-order valence-electron chi connectivity index (χ2n) is 4.54. The Bertz CT molecular complexity index is 643. The van der Waals surface area contributed by atoms with Gasteiger partial charge in [0.05, 0.1) is 5.56 Å². The highest BCUT2D eigenvalue weighted by atomic mass is 32.2. The molecule has 0 aliphatic heterocycles. The molecule has 0 fully saturated rings. The molecule has 0 aliphatic rings. The Hall–Kier alpha value is -2.08. The van der Waals surface area contributed by atoms with Crippen molar-refractivity contribution in [3.63, 3.8) is 0 Å². The van der Waals surface area contributed by atoms with Crippen LogP contribution in [0.3, 0.4) is 0 Å². The summed E-state index contributed by atoms with van der Waals surface area (Å²) < 4.78 is 0. The lowest BCUT2D eigenvalue weighted by molar-refractivity contribution is 0.0824. The lowest BCUT2D eigenvalue weighted by atomic mass is 10.2. The van der Waals surface area contributed by atoms with Crippen LogP contribution in [0.5, 0.6) is 0 Å². The summed E-state index contributed by atoms with van der Waals surface area (Å²) in [6.07, 6.45) is 1.70. The summed E-state index contributed by atoms with van der Waals surface area (Å²) in [6, 6.07) is 7.05. The van der Waals surface area contributed by atoms with E-state index in [2.05, 4.69) is 9.97 Å². The predicted octanol–water partition coefficient (Wildman–Crippen LogP) is 2.22. The minimum absolute atomic E-state index is 0.0693. The summed E-state index contributed by atoms with van der Waals surface area (Å²) in [6.45, 7) is 1.90. The summed E-state index contributed by atoms with van der Waals surface area (Å²) >= 11 is 1.34. The van der Waals surface area contributed by atoms with Crippen molar-refractivity contribution in [1.82, 2.24) is 14.9 Å². The largest absolute Gasteiger partial charge is 0.399 e. The van der Waals surface area contributed by atoms with Gasteiger partial charge in [-0.2, -0.15) is 0 Å². The summed E-state index contributed by atoms with van der Waals surface area (Å²) in [5, 5.41) is 0.600. The Morgan fingerprint density at radius 2 is 2.05 bits per heavy atom. The van der Waals surface area contributed by atoms with Gasteiger partial charge in [0.1, 0.15) is 0 Å². The van der Waals surface area contributed by atoms with Crippen LogP contribution in [0, 0.1) is 6.92 Å². The average Bonchev–Trinajstić information content (AvgIpc) is 2.38. The lowest BCUT2D eigenvalue weighted by Crippen LogP contribution is -2.22. The molecule has 6 heteroatoms. The van der Waals surface area contributed by atoms with Gasteiger partial charge in [-0.05, 0) is 43.0 Å². The van der Waals surface area contributed by atoms with Gasteiger partial charge in [0, 0.05) is 36.6 Å². The van der Waals surface area contributed by atoms with Gasteiger partial charge in [0.15, 0.2) is 5.16 Å². The number of amides is 1. The van der Waals surface area contributed by atoms with Crippen molar-refractivity contribution in [2.45, 2.75) is 17.0 Å². The Kier molecular flexibility index (Phi) is 4.24. The van der Waals surface area contributed by atoms with E-state index < -0.39 is 0 Å². The molecule has 1 aromatic carbocycles. The van der Waals surface area contributed by atoms with Crippen LogP contribution in [-0.2, 0) is 0 Å². The molecule has 0 spiro atoms. The maximum absolute atomic E-state index is 12.2. The number of hydrogen-bond donors (Lipinski definition) is 1. The fourth-order valence-electron chi connectivity index (χ4n) is 1.61. The third-order valence-corrected chi connectivity index (χ3v) is 3.55. The van der Waals surface area contributed by atoms with Crippen LogP contribution in [0.25, 0.3) is 0 Å². The van der Waals surface area contributed by atoms with E-state index in [1.807, 2.05) is 13.0 Å². The molecule has 1 amide bonds. The van der Waals surface area contributed by atoms with Crippen LogP contribution in [0.4, 0.5) is 5.69 Å². The molecule has 20 heavy (non-hydrogen) atoms. The zero-order chi connectivity index (χ0) is 14.7. The van der Waals surface area contributed by atoms with Gasteiger partial charge >= 0.3 is 0 Å². The van der Waals surface area contributed by atoms with Crippen LogP contribution in [0.2, 0.25) is 0 Å². The monoisotopic (exact) mass is 288 g/mol. The van der Waals surface area contributed by atoms with Crippen molar-refractivity contribution in [2.75, 3.05) is 19.8 Å². The van der Waals surface area contributed by atoms with Crippen molar-refractivity contribution in [3.05, 3.63) is 41.7 Å². The minimum atomic E-state index is -0.0693. The van der Waals surface area contributed by atoms with E-state index in [1.165, 1.54) is 16.7 Å². The highest BCUT2D eigenvalue weighted by Gasteiger charge is 2.15. The number of carbonyl (C=O) groups is 1. The van der Waals surface area contributed by atoms with Crippen molar-refractivity contribution in [1.29, 1.82) is 0 Å². The molecule has 2 aromatic rings. The normalized spacial score (nSPS) is 10.3. The fourth-order valence-corrected chi connectivity index (χ4v) is 2.57. The van der Waals surface area contributed by atoms with Crippen molar-refractivity contribution < 1.29 is 4.79 Å². The van der Waals surface area contributed by atoms with Gasteiger partial charge in [-0.15, -0.1) is 0 Å². The first-order valence-electron chi connectivity index (χ1n) is 6.06. The third kappa shape index (κ3) is 3.27. The number of aromatic nitrogens is 2. The van der Waals surface area contributed by atoms with Crippen LogP contribution in [0.1, 0.15) is 16.1 Å². The van der Waals surface area contributed by atoms with Gasteiger partial charge in [-0.1, -0.05) is 0 Å². The number of benzene rings is 1. The topological polar surface area (TPSA) is 72.1 Å². The maximum Gasteiger partial charge on any atom is 0.254 e. The van der Waals surface area contributed by atoms with Crippen molar-refractivity contribution >= 4 is 23.4 Å². The molecule has 0 bridgehead atoms. The molecule has 1 aromatic heterocycles. The number of nitrogen functional groups attached to an aromatic ring is 1. The smallest absolute Gasteiger partial charge is 0.254 e. The molecule has 0 aliphatic carbocycles. The number of hydrogen-bond acceptors (Lipinski definition) is 5. The van der Waals surface area contributed by atoms with E-state index in [0.29, 0.717) is 16.4 Å². The highest BCUT2D eigenvalue weighted by molar-refractivity contribution is 7.99. The quantitative estimate of drug-likeness (QED) is 0.692. The van der Waals surface area contributed by atoms with E-state index in [4.69, 9.17) is 5.73 Å². The Labute approximate surface area is 122 Å². The average molecular weight is 288 g/mol. The highest BCUT2D eigenvalue weighted by Crippen LogP contribution is 2.30. The summed E-state index contributed by atoms with van der Waals surface area (Å²) in [4.78, 5) is 23.0. The first-order chi connectivity index (χ1) is 9.47. The molecule has 104 valence electrons. The molecule has 0 unspecified atom stereocenters. The van der Waals surface area contributed by atoms with E-state index in [0.717, 1.165) is 10.6 Å². The number of nitrogens with zero attached hydrogens (tertiary/aromatic N) is 3. The Balaban J connectivity index is 2.39. The molecule has 0 radical (unpaired) electrons. The van der Waals surface area contributed by atoms with Crippen LogP contribution < -0.4 is 5.73 Å². The number of rotatable bonds is 3. The van der Waals surface area contributed by atoms with Gasteiger partial charge in [-0.25, -0.2) is 9.97 Å². The molecule has 1 heterocycles. The van der Waals surface area contributed by atoms with Gasteiger partial charge in [0.25, 0.3) is 5.91 Å². The van der Waals surface area contributed by atoms with Gasteiger partial charge < -0.3 is 10.6 Å². The molecule has 2 N–H and O–H groups in total. The molecule has 2 rings (SSSR count). The van der Waals surface area contributed by atoms with Gasteiger partial charge in [0.2, 0.25) is 0 Å². The maximum atomic E-state index is 12.2. The zero-order valence-electron chi connectivity index (χ0n) is 11.6. The molecular formula is C14H16N4OS. The summed E-state index contributed by atoms with van der Waals surface area (Å²) in [5.74, 6) is -0.0693. The molecule has 0 saturated carbocycles. The number of carbonyl (C=O) groups excluding carboxylic acids is 1. The molecule has 0 saturated heterocycles. The van der Waals surface area contributed by atoms with Crippen LogP contribution >= 0.6 is 11.8 Å². The predicted molar refractivity (Wildman–Crippen MR) is 79.8 cm³/mol. The fraction of sp³-hybridized carbons (Fsp3) is 0.214.